The van der Waals surface area contributed by atoms with E-state index in [1.54, 1.807) is 17.8 Å². The molecule has 1 rings (SSSR count). The summed E-state index contributed by atoms with van der Waals surface area (Å²) < 4.78 is 13.4. The first kappa shape index (κ1) is 14.5. The van der Waals surface area contributed by atoms with Crippen molar-refractivity contribution < 1.29 is 9.18 Å². The molecular weight excluding hydrogens is 305 g/mol. The number of hydrogen-bond donors (Lipinski definition) is 1. The Morgan fingerprint density at radius 3 is 2.94 bits per heavy atom. The average Bonchev–Trinajstić information content (AvgIpc) is 2.32. The van der Waals surface area contributed by atoms with Gasteiger partial charge in [-0.3, -0.25) is 4.79 Å². The molecule has 0 spiro atoms. The summed E-state index contributed by atoms with van der Waals surface area (Å²) in [5.74, 6) is 0.444. The third-order valence-corrected chi connectivity index (χ3v) is 3.76. The highest BCUT2D eigenvalue weighted by Gasteiger charge is 2.11. The molecule has 0 unspecified atom stereocenters. The van der Waals surface area contributed by atoms with Gasteiger partial charge in [-0.25, -0.2) is 4.39 Å². The second-order valence-electron chi connectivity index (χ2n) is 3.56. The van der Waals surface area contributed by atoms with Crippen LogP contribution in [-0.2, 0) is 0 Å². The van der Waals surface area contributed by atoms with Gasteiger partial charge >= 0.3 is 0 Å². The fourth-order valence-electron chi connectivity index (χ4n) is 1.35. The van der Waals surface area contributed by atoms with Crippen molar-refractivity contribution in [3.63, 3.8) is 0 Å². The molecule has 0 atom stereocenters. The van der Waals surface area contributed by atoms with Gasteiger partial charge in [0.05, 0.1) is 10.0 Å². The van der Waals surface area contributed by atoms with Gasteiger partial charge < -0.3 is 5.32 Å². The van der Waals surface area contributed by atoms with Gasteiger partial charge in [0.2, 0.25) is 0 Å². The molecule has 0 saturated carbocycles. The van der Waals surface area contributed by atoms with Gasteiger partial charge in [-0.05, 0) is 52.9 Å². The van der Waals surface area contributed by atoms with Gasteiger partial charge in [-0.15, -0.1) is 0 Å². The van der Waals surface area contributed by atoms with E-state index in [-0.39, 0.29) is 10.4 Å². The summed E-state index contributed by atoms with van der Waals surface area (Å²) in [6, 6.07) is 4.45. The van der Waals surface area contributed by atoms with E-state index < -0.39 is 5.82 Å². The molecule has 0 saturated heterocycles. The predicted octanol–water partition coefficient (Wildman–Crippen LogP) is 3.46. The quantitative estimate of drug-likeness (QED) is 0.813. The molecule has 0 fully saturated rings. The lowest BCUT2D eigenvalue weighted by atomic mass is 10.2. The third kappa shape index (κ3) is 4.68. The Kier molecular flexibility index (Phi) is 6.58. The van der Waals surface area contributed by atoms with Gasteiger partial charge in [0.25, 0.3) is 5.91 Å². The Hall–Kier alpha value is -0.550. The van der Waals surface area contributed by atoms with Gasteiger partial charge in [0.15, 0.2) is 0 Å². The molecule has 0 heterocycles. The van der Waals surface area contributed by atoms with Crippen molar-refractivity contribution in [2.75, 3.05) is 18.6 Å². The minimum atomic E-state index is -0.417. The first-order valence-corrected chi connectivity index (χ1v) is 7.56. The van der Waals surface area contributed by atoms with E-state index in [1.807, 2.05) is 0 Å². The van der Waals surface area contributed by atoms with Crippen LogP contribution in [0.1, 0.15) is 23.2 Å². The maximum absolute atomic E-state index is 13.2. The van der Waals surface area contributed by atoms with Crippen LogP contribution in [-0.4, -0.2) is 24.5 Å². The number of carbonyl (C=O) groups is 1. The molecule has 0 aliphatic rings. The molecule has 1 N–H and O–H groups in total. The minimum absolute atomic E-state index is 0.224. The van der Waals surface area contributed by atoms with Gasteiger partial charge in [-0.2, -0.15) is 11.8 Å². The maximum Gasteiger partial charge on any atom is 0.252 e. The number of amides is 1. The van der Waals surface area contributed by atoms with Crippen molar-refractivity contribution in [3.05, 3.63) is 34.1 Å². The summed E-state index contributed by atoms with van der Waals surface area (Å²) in [5, 5.41) is 2.78. The van der Waals surface area contributed by atoms with Crippen molar-refractivity contribution in [1.82, 2.24) is 5.32 Å². The summed E-state index contributed by atoms with van der Waals surface area (Å²) in [4.78, 5) is 11.7. The van der Waals surface area contributed by atoms with Crippen molar-refractivity contribution in [1.29, 1.82) is 0 Å². The smallest absolute Gasteiger partial charge is 0.252 e. The molecule has 0 aliphatic carbocycles. The molecule has 0 radical (unpaired) electrons. The molecule has 2 nitrogen and oxygen atoms in total. The van der Waals surface area contributed by atoms with Crippen LogP contribution in [0.25, 0.3) is 0 Å². The number of carbonyl (C=O) groups excluding carboxylic acids is 1. The van der Waals surface area contributed by atoms with Crippen LogP contribution >= 0.6 is 27.7 Å². The standard InChI is InChI=1S/C12H15BrFNOS/c1-17-8-3-2-7-15-12(16)9-5-4-6-10(14)11(9)13/h4-6H,2-3,7-8H2,1H3,(H,15,16). The number of halogens is 2. The molecule has 0 aromatic heterocycles. The van der Waals surface area contributed by atoms with Crippen LogP contribution in [0.3, 0.4) is 0 Å². The zero-order chi connectivity index (χ0) is 12.7. The predicted molar refractivity (Wildman–Crippen MR) is 74.0 cm³/mol. The van der Waals surface area contributed by atoms with E-state index in [9.17, 15) is 9.18 Å². The highest BCUT2D eigenvalue weighted by Crippen LogP contribution is 2.20. The maximum atomic E-state index is 13.2. The minimum Gasteiger partial charge on any atom is -0.352 e. The Morgan fingerprint density at radius 1 is 1.47 bits per heavy atom. The lowest BCUT2D eigenvalue weighted by Gasteiger charge is -2.07. The molecule has 94 valence electrons. The summed E-state index contributed by atoms with van der Waals surface area (Å²) >= 11 is 4.87. The van der Waals surface area contributed by atoms with Gasteiger partial charge in [0, 0.05) is 6.54 Å². The second kappa shape index (κ2) is 7.71. The van der Waals surface area contributed by atoms with E-state index in [0.717, 1.165) is 18.6 Å². The number of nitrogens with one attached hydrogen (secondary N) is 1. The monoisotopic (exact) mass is 319 g/mol. The van der Waals surface area contributed by atoms with Crippen molar-refractivity contribution in [3.8, 4) is 0 Å². The number of hydrogen-bond acceptors (Lipinski definition) is 2. The Morgan fingerprint density at radius 2 is 2.24 bits per heavy atom. The van der Waals surface area contributed by atoms with E-state index in [4.69, 9.17) is 0 Å². The van der Waals surface area contributed by atoms with Gasteiger partial charge in [-0.1, -0.05) is 6.07 Å². The highest BCUT2D eigenvalue weighted by molar-refractivity contribution is 9.10. The molecule has 5 heteroatoms. The van der Waals surface area contributed by atoms with Crippen LogP contribution in [0.15, 0.2) is 22.7 Å². The Balaban J connectivity index is 2.44. The third-order valence-electron chi connectivity index (χ3n) is 2.26. The van der Waals surface area contributed by atoms with Gasteiger partial charge in [0.1, 0.15) is 5.82 Å². The molecule has 0 aliphatic heterocycles. The fourth-order valence-corrected chi connectivity index (χ4v) is 2.28. The number of benzene rings is 1. The van der Waals surface area contributed by atoms with Crippen molar-refractivity contribution in [2.24, 2.45) is 0 Å². The van der Waals surface area contributed by atoms with Crippen molar-refractivity contribution in [2.45, 2.75) is 12.8 Å². The topological polar surface area (TPSA) is 29.1 Å². The van der Waals surface area contributed by atoms with Crippen LogP contribution in [0.4, 0.5) is 4.39 Å². The molecule has 1 aromatic carbocycles. The van der Waals surface area contributed by atoms with Crippen LogP contribution in [0, 0.1) is 5.82 Å². The second-order valence-corrected chi connectivity index (χ2v) is 5.34. The first-order chi connectivity index (χ1) is 8.16. The van der Waals surface area contributed by atoms with E-state index >= 15 is 0 Å². The van der Waals surface area contributed by atoms with E-state index in [0.29, 0.717) is 12.1 Å². The lowest BCUT2D eigenvalue weighted by Crippen LogP contribution is -2.25. The van der Waals surface area contributed by atoms with Crippen LogP contribution in [0.2, 0.25) is 0 Å². The Bertz CT molecular complexity index is 387. The van der Waals surface area contributed by atoms with E-state index in [2.05, 4.69) is 27.5 Å². The number of unbranched alkanes of at least 4 members (excludes halogenated alkanes) is 1. The SMILES string of the molecule is CSCCCCNC(=O)c1cccc(F)c1Br. The summed E-state index contributed by atoms with van der Waals surface area (Å²) in [6.45, 7) is 0.627. The average molecular weight is 320 g/mol. The normalized spacial score (nSPS) is 10.3. The van der Waals surface area contributed by atoms with Crippen molar-refractivity contribution >= 4 is 33.6 Å². The first-order valence-electron chi connectivity index (χ1n) is 5.38. The lowest BCUT2D eigenvalue weighted by molar-refractivity contribution is 0.0952. The molecule has 1 amide bonds. The fraction of sp³-hybridized carbons (Fsp3) is 0.417. The Labute approximate surface area is 113 Å². The largest absolute Gasteiger partial charge is 0.352 e. The number of thioether (sulfide) groups is 1. The molecular formula is C12H15BrFNOS. The van der Waals surface area contributed by atoms with Crippen LogP contribution < -0.4 is 5.32 Å². The molecule has 0 bridgehead atoms. The van der Waals surface area contributed by atoms with Crippen LogP contribution in [0.5, 0.6) is 0 Å². The summed E-state index contributed by atoms with van der Waals surface area (Å²) in [5.41, 5.74) is 0.342. The zero-order valence-corrected chi connectivity index (χ0v) is 12.0. The highest BCUT2D eigenvalue weighted by atomic mass is 79.9. The molecule has 17 heavy (non-hydrogen) atoms. The summed E-state index contributed by atoms with van der Waals surface area (Å²) in [6.07, 6.45) is 4.08. The zero-order valence-electron chi connectivity index (χ0n) is 9.63. The molecule has 1 aromatic rings. The number of rotatable bonds is 6. The summed E-state index contributed by atoms with van der Waals surface area (Å²) in [7, 11) is 0. The van der Waals surface area contributed by atoms with E-state index in [1.165, 1.54) is 12.1 Å².